The van der Waals surface area contributed by atoms with Crippen LogP contribution >= 0.6 is 15.9 Å². The van der Waals surface area contributed by atoms with E-state index in [-0.39, 0.29) is 11.3 Å². The predicted octanol–water partition coefficient (Wildman–Crippen LogP) is 2.62. The van der Waals surface area contributed by atoms with Crippen LogP contribution in [0.5, 0.6) is 0 Å². The number of carbonyl (C=O) groups is 1. The van der Waals surface area contributed by atoms with Gasteiger partial charge in [0.05, 0.1) is 16.8 Å². The Labute approximate surface area is 103 Å². The summed E-state index contributed by atoms with van der Waals surface area (Å²) in [6.45, 7) is 0.822. The normalized spacial score (nSPS) is 21.4. The summed E-state index contributed by atoms with van der Waals surface area (Å²) >= 11 is 3.49. The lowest BCUT2D eigenvalue weighted by atomic mass is 10.1. The molecule has 16 heavy (non-hydrogen) atoms. The molecule has 0 aromatic heterocycles. The van der Waals surface area contributed by atoms with E-state index in [1.165, 1.54) is 0 Å². The quantitative estimate of drug-likeness (QED) is 0.792. The Morgan fingerprint density at radius 2 is 2.19 bits per heavy atom. The van der Waals surface area contributed by atoms with Crippen molar-refractivity contribution in [2.45, 2.75) is 12.8 Å². The second-order valence-corrected chi connectivity index (χ2v) is 5.58. The molecule has 0 bridgehead atoms. The fourth-order valence-corrected chi connectivity index (χ4v) is 2.80. The molecular formula is C12H13BrN2O. The van der Waals surface area contributed by atoms with E-state index >= 15 is 0 Å². The number of nitrogens with one attached hydrogen (secondary N) is 1. The van der Waals surface area contributed by atoms with E-state index in [9.17, 15) is 4.79 Å². The zero-order valence-electron chi connectivity index (χ0n) is 9.09. The van der Waals surface area contributed by atoms with Gasteiger partial charge in [-0.25, -0.2) is 0 Å². The summed E-state index contributed by atoms with van der Waals surface area (Å²) in [5.41, 5.74) is 1.86. The summed E-state index contributed by atoms with van der Waals surface area (Å²) < 4.78 is 0.947. The first-order chi connectivity index (χ1) is 7.62. The lowest BCUT2D eigenvalue weighted by Crippen LogP contribution is -2.31. The maximum atomic E-state index is 12.1. The highest BCUT2D eigenvalue weighted by Gasteiger charge is 2.52. The molecule has 0 unspecified atom stereocenters. The SMILES string of the molecule is CN1CC2(CC2)C(=O)Nc2c(Br)cccc21. The first-order valence-electron chi connectivity index (χ1n) is 5.43. The van der Waals surface area contributed by atoms with Gasteiger partial charge < -0.3 is 10.2 Å². The fraction of sp³-hybridized carbons (Fsp3) is 0.417. The van der Waals surface area contributed by atoms with Gasteiger partial charge in [0.15, 0.2) is 0 Å². The van der Waals surface area contributed by atoms with Crippen LogP contribution in [0, 0.1) is 5.41 Å². The topological polar surface area (TPSA) is 32.3 Å². The molecule has 3 nitrogen and oxygen atoms in total. The smallest absolute Gasteiger partial charge is 0.232 e. The number of rotatable bonds is 0. The average molecular weight is 281 g/mol. The lowest BCUT2D eigenvalue weighted by Gasteiger charge is -2.21. The predicted molar refractivity (Wildman–Crippen MR) is 67.7 cm³/mol. The average Bonchev–Trinajstić information content (AvgIpc) is 3.01. The number of amides is 1. The molecule has 3 rings (SSSR count). The molecule has 0 atom stereocenters. The fourth-order valence-electron chi connectivity index (χ4n) is 2.35. The number of carbonyl (C=O) groups excluding carboxylic acids is 1. The van der Waals surface area contributed by atoms with Gasteiger partial charge in [-0.2, -0.15) is 0 Å². The van der Waals surface area contributed by atoms with E-state index in [1.54, 1.807) is 0 Å². The molecule has 1 saturated carbocycles. The summed E-state index contributed by atoms with van der Waals surface area (Å²) in [6.07, 6.45) is 2.02. The van der Waals surface area contributed by atoms with E-state index < -0.39 is 0 Å². The lowest BCUT2D eigenvalue weighted by molar-refractivity contribution is -0.120. The van der Waals surface area contributed by atoms with Crippen LogP contribution in [0.1, 0.15) is 12.8 Å². The Morgan fingerprint density at radius 1 is 1.44 bits per heavy atom. The van der Waals surface area contributed by atoms with Crippen LogP contribution in [0.3, 0.4) is 0 Å². The van der Waals surface area contributed by atoms with Crippen molar-refractivity contribution < 1.29 is 4.79 Å². The number of halogens is 1. The van der Waals surface area contributed by atoms with Gasteiger partial charge in [0.1, 0.15) is 0 Å². The van der Waals surface area contributed by atoms with E-state index in [0.717, 1.165) is 35.2 Å². The molecule has 1 spiro atoms. The molecule has 2 aliphatic rings. The van der Waals surface area contributed by atoms with Crippen LogP contribution in [0.4, 0.5) is 11.4 Å². The Bertz CT molecular complexity index is 468. The Morgan fingerprint density at radius 3 is 2.88 bits per heavy atom. The minimum absolute atomic E-state index is 0.132. The summed E-state index contributed by atoms with van der Waals surface area (Å²) in [5, 5.41) is 3.05. The minimum Gasteiger partial charge on any atom is -0.372 e. The molecule has 0 saturated heterocycles. The summed E-state index contributed by atoms with van der Waals surface area (Å²) in [6, 6.07) is 6.00. The van der Waals surface area contributed by atoms with Crippen molar-refractivity contribution in [3.05, 3.63) is 22.7 Å². The molecule has 1 aliphatic heterocycles. The number of benzene rings is 1. The van der Waals surface area contributed by atoms with Gasteiger partial charge in [-0.3, -0.25) is 4.79 Å². The monoisotopic (exact) mass is 280 g/mol. The largest absolute Gasteiger partial charge is 0.372 e. The third-order valence-electron chi connectivity index (χ3n) is 3.52. The summed E-state index contributed by atoms with van der Waals surface area (Å²) in [5.74, 6) is 0.171. The van der Waals surface area contributed by atoms with Gasteiger partial charge >= 0.3 is 0 Å². The molecule has 4 heteroatoms. The maximum Gasteiger partial charge on any atom is 0.232 e. The van der Waals surface area contributed by atoms with Crippen molar-refractivity contribution >= 4 is 33.2 Å². The molecule has 1 aliphatic carbocycles. The number of anilines is 2. The van der Waals surface area contributed by atoms with E-state index in [0.29, 0.717) is 0 Å². The Kier molecular flexibility index (Phi) is 2.05. The third kappa shape index (κ3) is 1.36. The van der Waals surface area contributed by atoms with Gasteiger partial charge in [0.2, 0.25) is 5.91 Å². The highest BCUT2D eigenvalue weighted by atomic mass is 79.9. The van der Waals surface area contributed by atoms with E-state index in [4.69, 9.17) is 0 Å². The van der Waals surface area contributed by atoms with Gasteiger partial charge in [0.25, 0.3) is 0 Å². The number of nitrogens with zero attached hydrogens (tertiary/aromatic N) is 1. The molecule has 0 radical (unpaired) electrons. The second-order valence-electron chi connectivity index (χ2n) is 4.72. The standard InChI is InChI=1S/C12H13BrN2O/c1-15-7-12(5-6-12)11(16)14-10-8(13)3-2-4-9(10)15/h2-4H,5-7H2,1H3,(H,14,16). The Hall–Kier alpha value is -1.03. The highest BCUT2D eigenvalue weighted by molar-refractivity contribution is 9.10. The third-order valence-corrected chi connectivity index (χ3v) is 4.18. The van der Waals surface area contributed by atoms with Crippen LogP contribution in [0.2, 0.25) is 0 Å². The summed E-state index contributed by atoms with van der Waals surface area (Å²) in [4.78, 5) is 14.3. The minimum atomic E-state index is -0.132. The van der Waals surface area contributed by atoms with Crippen LogP contribution in [0.25, 0.3) is 0 Å². The second kappa shape index (κ2) is 3.23. The van der Waals surface area contributed by atoms with Crippen LogP contribution in [0.15, 0.2) is 22.7 Å². The molecule has 1 amide bonds. The van der Waals surface area contributed by atoms with E-state index in [2.05, 4.69) is 26.1 Å². The van der Waals surface area contributed by atoms with Crippen molar-refractivity contribution in [1.29, 1.82) is 0 Å². The van der Waals surface area contributed by atoms with Crippen molar-refractivity contribution in [1.82, 2.24) is 0 Å². The first kappa shape index (κ1) is 10.1. The molecule has 1 N–H and O–H groups in total. The molecule has 1 heterocycles. The molecule has 1 aromatic carbocycles. The molecule has 84 valence electrons. The van der Waals surface area contributed by atoms with Gasteiger partial charge in [-0.1, -0.05) is 6.07 Å². The van der Waals surface area contributed by atoms with Crippen molar-refractivity contribution in [2.24, 2.45) is 5.41 Å². The summed E-state index contributed by atoms with van der Waals surface area (Å²) in [7, 11) is 2.05. The maximum absolute atomic E-state index is 12.1. The zero-order chi connectivity index (χ0) is 11.3. The van der Waals surface area contributed by atoms with Crippen molar-refractivity contribution in [3.8, 4) is 0 Å². The number of hydrogen-bond donors (Lipinski definition) is 1. The number of hydrogen-bond acceptors (Lipinski definition) is 2. The van der Waals surface area contributed by atoms with Crippen LogP contribution in [-0.2, 0) is 4.79 Å². The Balaban J connectivity index is 2.10. The molecule has 1 fully saturated rings. The van der Waals surface area contributed by atoms with Gasteiger partial charge in [-0.15, -0.1) is 0 Å². The van der Waals surface area contributed by atoms with Crippen molar-refractivity contribution in [2.75, 3.05) is 23.8 Å². The van der Waals surface area contributed by atoms with Crippen LogP contribution in [-0.4, -0.2) is 19.5 Å². The van der Waals surface area contributed by atoms with Crippen LogP contribution < -0.4 is 10.2 Å². The molecule has 1 aromatic rings. The van der Waals surface area contributed by atoms with Gasteiger partial charge in [0, 0.05) is 18.1 Å². The van der Waals surface area contributed by atoms with E-state index in [1.807, 2.05) is 25.2 Å². The zero-order valence-corrected chi connectivity index (χ0v) is 10.7. The first-order valence-corrected chi connectivity index (χ1v) is 6.23. The molecular weight excluding hydrogens is 268 g/mol. The highest BCUT2D eigenvalue weighted by Crippen LogP contribution is 2.50. The van der Waals surface area contributed by atoms with Gasteiger partial charge in [-0.05, 0) is 40.9 Å². The number of para-hydroxylation sites is 1. The van der Waals surface area contributed by atoms with Crippen molar-refractivity contribution in [3.63, 3.8) is 0 Å². The number of fused-ring (bicyclic) bond motifs is 1.